The Morgan fingerprint density at radius 2 is 2.17 bits per heavy atom. The van der Waals surface area contributed by atoms with E-state index in [9.17, 15) is 8.42 Å². The predicted octanol–water partition coefficient (Wildman–Crippen LogP) is 0.425. The van der Waals surface area contributed by atoms with Crippen molar-refractivity contribution in [2.75, 3.05) is 32.5 Å². The fourth-order valence-corrected chi connectivity index (χ4v) is 4.69. The van der Waals surface area contributed by atoms with E-state index in [1.807, 2.05) is 6.92 Å². The molecule has 5 nitrogen and oxygen atoms in total. The molecule has 0 aliphatic carbocycles. The van der Waals surface area contributed by atoms with Gasteiger partial charge in [-0.25, -0.2) is 8.42 Å². The molecule has 3 unspecified atom stereocenters. The Kier molecular flexibility index (Phi) is 4.64. The molecule has 0 aromatic rings. The van der Waals surface area contributed by atoms with Crippen molar-refractivity contribution in [3.05, 3.63) is 0 Å². The Morgan fingerprint density at radius 1 is 1.39 bits per heavy atom. The van der Waals surface area contributed by atoms with Crippen molar-refractivity contribution >= 4 is 10.0 Å². The summed E-state index contributed by atoms with van der Waals surface area (Å²) < 4.78 is 31.7. The minimum atomic E-state index is -3.16. The van der Waals surface area contributed by atoms with Crippen LogP contribution < -0.4 is 5.32 Å². The summed E-state index contributed by atoms with van der Waals surface area (Å²) in [6.45, 7) is 4.45. The van der Waals surface area contributed by atoms with Crippen LogP contribution in [0.15, 0.2) is 0 Å². The first-order valence-corrected chi connectivity index (χ1v) is 8.39. The van der Waals surface area contributed by atoms with Gasteiger partial charge in [0.1, 0.15) is 0 Å². The van der Waals surface area contributed by atoms with Gasteiger partial charge < -0.3 is 10.1 Å². The molecule has 2 saturated heterocycles. The number of rotatable bonds is 4. The Balaban J connectivity index is 1.96. The molecule has 0 aromatic carbocycles. The van der Waals surface area contributed by atoms with Gasteiger partial charge in [0, 0.05) is 13.7 Å². The van der Waals surface area contributed by atoms with E-state index in [-0.39, 0.29) is 23.8 Å². The minimum absolute atomic E-state index is 0.00606. The zero-order chi connectivity index (χ0) is 13.2. The normalized spacial score (nSPS) is 34.1. The number of piperidine rings is 1. The van der Waals surface area contributed by atoms with Crippen molar-refractivity contribution in [3.63, 3.8) is 0 Å². The van der Waals surface area contributed by atoms with Gasteiger partial charge in [0.05, 0.1) is 17.9 Å². The summed E-state index contributed by atoms with van der Waals surface area (Å²) >= 11 is 0. The summed E-state index contributed by atoms with van der Waals surface area (Å²) in [5, 5.41) is 3.27. The van der Waals surface area contributed by atoms with E-state index in [4.69, 9.17) is 4.74 Å². The van der Waals surface area contributed by atoms with Crippen LogP contribution in [-0.2, 0) is 14.8 Å². The second-order valence-corrected chi connectivity index (χ2v) is 7.51. The van der Waals surface area contributed by atoms with E-state index < -0.39 is 10.0 Å². The Hall–Kier alpha value is -0.170. The lowest BCUT2D eigenvalue weighted by Gasteiger charge is -2.29. The number of likely N-dealkylation sites (N-methyl/N-ethyl adjacent to an activating group) is 1. The summed E-state index contributed by atoms with van der Waals surface area (Å²) in [5.74, 6) is 0.517. The van der Waals surface area contributed by atoms with Crippen LogP contribution in [-0.4, -0.2) is 57.4 Å². The molecular weight excluding hydrogens is 252 g/mol. The number of nitrogens with zero attached hydrogens (tertiary/aromatic N) is 1. The minimum Gasteiger partial charge on any atom is -0.377 e. The van der Waals surface area contributed by atoms with Gasteiger partial charge in [0.25, 0.3) is 0 Å². The average molecular weight is 276 g/mol. The van der Waals surface area contributed by atoms with Crippen LogP contribution in [0.4, 0.5) is 0 Å². The maximum atomic E-state index is 12.4. The van der Waals surface area contributed by atoms with Crippen molar-refractivity contribution in [2.45, 2.75) is 38.3 Å². The molecule has 3 atom stereocenters. The molecule has 0 radical (unpaired) electrons. The molecular formula is C12H24N2O3S. The highest BCUT2D eigenvalue weighted by atomic mass is 32.2. The van der Waals surface area contributed by atoms with Crippen molar-refractivity contribution in [1.82, 2.24) is 9.62 Å². The number of hydrogen-bond donors (Lipinski definition) is 1. The van der Waals surface area contributed by atoms with Gasteiger partial charge in [0.2, 0.25) is 10.0 Å². The SMILES string of the molecule is CC1OCCC1N(C)S(=O)(=O)CC1CCCNC1. The van der Waals surface area contributed by atoms with E-state index in [2.05, 4.69) is 5.32 Å². The fraction of sp³-hybridized carbons (Fsp3) is 1.00. The standard InChI is InChI=1S/C12H24N2O3S/c1-10-12(5-7-17-10)14(2)18(15,16)9-11-4-3-6-13-8-11/h10-13H,3-9H2,1-2H3. The molecule has 2 heterocycles. The number of ether oxygens (including phenoxy) is 1. The molecule has 2 aliphatic rings. The number of hydrogen-bond acceptors (Lipinski definition) is 4. The predicted molar refractivity (Wildman–Crippen MR) is 71.0 cm³/mol. The lowest BCUT2D eigenvalue weighted by atomic mass is 10.0. The molecule has 0 bridgehead atoms. The van der Waals surface area contributed by atoms with Crippen molar-refractivity contribution in [2.24, 2.45) is 5.92 Å². The second kappa shape index (κ2) is 5.86. The van der Waals surface area contributed by atoms with Crippen molar-refractivity contribution in [3.8, 4) is 0 Å². The molecule has 0 amide bonds. The lowest BCUT2D eigenvalue weighted by molar-refractivity contribution is 0.102. The van der Waals surface area contributed by atoms with Crippen LogP contribution in [0.25, 0.3) is 0 Å². The Morgan fingerprint density at radius 3 is 2.72 bits per heavy atom. The highest BCUT2D eigenvalue weighted by Crippen LogP contribution is 2.23. The highest BCUT2D eigenvalue weighted by molar-refractivity contribution is 7.89. The summed E-state index contributed by atoms with van der Waals surface area (Å²) in [6.07, 6.45) is 2.90. The molecule has 2 rings (SSSR count). The molecule has 0 saturated carbocycles. The first kappa shape index (κ1) is 14.2. The molecule has 0 aromatic heterocycles. The van der Waals surface area contributed by atoms with Crippen molar-refractivity contribution in [1.29, 1.82) is 0 Å². The van der Waals surface area contributed by atoms with Crippen LogP contribution in [0.1, 0.15) is 26.2 Å². The highest BCUT2D eigenvalue weighted by Gasteiger charge is 2.35. The summed E-state index contributed by atoms with van der Waals surface area (Å²) in [6, 6.07) is 0.00606. The van der Waals surface area contributed by atoms with E-state index in [1.54, 1.807) is 11.4 Å². The van der Waals surface area contributed by atoms with E-state index in [0.717, 1.165) is 32.4 Å². The quantitative estimate of drug-likeness (QED) is 0.809. The molecule has 1 N–H and O–H groups in total. The van der Waals surface area contributed by atoms with Gasteiger partial charge in [-0.3, -0.25) is 0 Å². The Bertz CT molecular complexity index is 366. The largest absolute Gasteiger partial charge is 0.377 e. The average Bonchev–Trinajstić information content (AvgIpc) is 2.75. The summed E-state index contributed by atoms with van der Waals surface area (Å²) in [5.41, 5.74) is 0. The third kappa shape index (κ3) is 3.23. The van der Waals surface area contributed by atoms with Crippen LogP contribution in [0.5, 0.6) is 0 Å². The molecule has 106 valence electrons. The van der Waals surface area contributed by atoms with Crippen LogP contribution >= 0.6 is 0 Å². The van der Waals surface area contributed by atoms with E-state index >= 15 is 0 Å². The van der Waals surface area contributed by atoms with Gasteiger partial charge in [-0.05, 0) is 45.2 Å². The van der Waals surface area contributed by atoms with Gasteiger partial charge >= 0.3 is 0 Å². The molecule has 0 spiro atoms. The first-order chi connectivity index (χ1) is 8.50. The number of sulfonamides is 1. The summed E-state index contributed by atoms with van der Waals surface area (Å²) in [7, 11) is -1.47. The Labute approximate surface area is 110 Å². The van der Waals surface area contributed by atoms with Crippen LogP contribution in [0.3, 0.4) is 0 Å². The second-order valence-electron chi connectivity index (χ2n) is 5.44. The molecule has 2 aliphatic heterocycles. The monoisotopic (exact) mass is 276 g/mol. The fourth-order valence-electron chi connectivity index (χ4n) is 2.89. The summed E-state index contributed by atoms with van der Waals surface area (Å²) in [4.78, 5) is 0. The third-order valence-electron chi connectivity index (χ3n) is 4.09. The number of nitrogens with one attached hydrogen (secondary N) is 1. The third-order valence-corrected chi connectivity index (χ3v) is 6.13. The van der Waals surface area contributed by atoms with Crippen LogP contribution in [0, 0.1) is 5.92 Å². The van der Waals surface area contributed by atoms with E-state index in [0.29, 0.717) is 6.61 Å². The van der Waals surface area contributed by atoms with Gasteiger partial charge in [-0.1, -0.05) is 0 Å². The van der Waals surface area contributed by atoms with Crippen molar-refractivity contribution < 1.29 is 13.2 Å². The molecule has 18 heavy (non-hydrogen) atoms. The molecule has 2 fully saturated rings. The van der Waals surface area contributed by atoms with Crippen LogP contribution in [0.2, 0.25) is 0 Å². The van der Waals surface area contributed by atoms with Gasteiger partial charge in [0.15, 0.2) is 0 Å². The topological polar surface area (TPSA) is 58.6 Å². The molecule has 6 heteroatoms. The first-order valence-electron chi connectivity index (χ1n) is 6.79. The maximum Gasteiger partial charge on any atom is 0.214 e. The van der Waals surface area contributed by atoms with E-state index in [1.165, 1.54) is 0 Å². The zero-order valence-electron chi connectivity index (χ0n) is 11.3. The van der Waals surface area contributed by atoms with Gasteiger partial charge in [-0.2, -0.15) is 4.31 Å². The lowest BCUT2D eigenvalue weighted by Crippen LogP contribution is -2.44. The maximum absolute atomic E-state index is 12.4. The smallest absolute Gasteiger partial charge is 0.214 e. The van der Waals surface area contributed by atoms with Gasteiger partial charge in [-0.15, -0.1) is 0 Å². The zero-order valence-corrected chi connectivity index (χ0v) is 12.1.